The molecule has 1 saturated carbocycles. The molecule has 0 spiro atoms. The van der Waals surface area contributed by atoms with Crippen molar-refractivity contribution in [1.82, 2.24) is 4.91 Å². The van der Waals surface area contributed by atoms with Gasteiger partial charge in [0.05, 0.1) is 0 Å². The smallest absolute Gasteiger partial charge is 0.0211 e. The summed E-state index contributed by atoms with van der Waals surface area (Å²) in [7, 11) is 0. The van der Waals surface area contributed by atoms with Crippen LogP contribution in [-0.4, -0.2) is 6.04 Å². The maximum absolute atomic E-state index is 6.23. The highest BCUT2D eigenvalue weighted by molar-refractivity contribution is 4.77. The Morgan fingerprint density at radius 1 is 1.67 bits per heavy atom. The van der Waals surface area contributed by atoms with Gasteiger partial charge in [-0.1, -0.05) is 0 Å². The Hall–Kier alpha value is -0.690. The summed E-state index contributed by atoms with van der Waals surface area (Å²) in [5.41, 5.74) is 6.23. The number of hydrogen-bond acceptors (Lipinski definition) is 2. The normalized spacial score (nSPS) is 19.3. The van der Waals surface area contributed by atoms with Crippen LogP contribution in [0.25, 0.3) is 0 Å². The summed E-state index contributed by atoms with van der Waals surface area (Å²) in [6, 6.07) is 0.419. The molecule has 0 aromatic rings. The lowest BCUT2D eigenvalue weighted by molar-refractivity contribution is 0.853. The molecule has 0 radical (unpaired) electrons. The molecule has 0 aliphatic heterocycles. The number of hydrogen-bond donors (Lipinski definition) is 1. The standard InChI is InChI=1S/C3H6N3/c4-6-5-3-1-2-3/h3-4H,1-2H2/q+1. The molecular weight excluding hydrogens is 78.1 g/mol. The third kappa shape index (κ3) is 0.626. The van der Waals surface area contributed by atoms with Gasteiger partial charge in [0.25, 0.3) is 0 Å². The van der Waals surface area contributed by atoms with Crippen molar-refractivity contribution in [3.05, 3.63) is 0 Å². The van der Waals surface area contributed by atoms with E-state index in [1.165, 1.54) is 0 Å². The molecule has 0 atom stereocenters. The van der Waals surface area contributed by atoms with Crippen molar-refractivity contribution in [3.8, 4) is 0 Å². The van der Waals surface area contributed by atoms with Crippen LogP contribution in [0.1, 0.15) is 12.8 Å². The second kappa shape index (κ2) is 1.19. The molecule has 1 aliphatic rings. The van der Waals surface area contributed by atoms with Gasteiger partial charge >= 0.3 is 0 Å². The molecule has 1 fully saturated rings. The lowest BCUT2D eigenvalue weighted by Crippen LogP contribution is -1.68. The first-order valence-electron chi connectivity index (χ1n) is 2.00. The largest absolute Gasteiger partial charge is 0.214 e. The zero-order chi connectivity index (χ0) is 4.41. The summed E-state index contributed by atoms with van der Waals surface area (Å²) >= 11 is 0. The maximum atomic E-state index is 6.23. The van der Waals surface area contributed by atoms with Crippen LogP contribution < -0.4 is 4.91 Å². The second-order valence-electron chi connectivity index (χ2n) is 1.45. The van der Waals surface area contributed by atoms with E-state index in [0.717, 1.165) is 12.8 Å². The average Bonchev–Trinajstić information content (AvgIpc) is 2.21. The van der Waals surface area contributed by atoms with E-state index in [-0.39, 0.29) is 0 Å². The molecule has 3 heteroatoms. The lowest BCUT2D eigenvalue weighted by Gasteiger charge is -1.48. The van der Waals surface area contributed by atoms with E-state index in [2.05, 4.69) is 10.0 Å². The SMILES string of the molecule is N=[N+]=NC1CC1. The van der Waals surface area contributed by atoms with Crippen LogP contribution >= 0.6 is 0 Å². The maximum Gasteiger partial charge on any atom is 0.214 e. The number of nitrogens with one attached hydrogen (secondary N) is 1. The van der Waals surface area contributed by atoms with Crippen molar-refractivity contribution in [1.29, 1.82) is 5.53 Å². The number of rotatable bonds is 1. The van der Waals surface area contributed by atoms with Crippen LogP contribution in [0.15, 0.2) is 5.11 Å². The zero-order valence-corrected chi connectivity index (χ0v) is 3.39. The Kier molecular flexibility index (Phi) is 0.691. The summed E-state index contributed by atoms with van der Waals surface area (Å²) < 4.78 is 0. The summed E-state index contributed by atoms with van der Waals surface area (Å²) in [6.07, 6.45) is 2.28. The average molecular weight is 84.1 g/mol. The highest BCUT2D eigenvalue weighted by Crippen LogP contribution is 2.21. The van der Waals surface area contributed by atoms with Gasteiger partial charge in [-0.2, -0.15) is 0 Å². The molecule has 1 N–H and O–H groups in total. The van der Waals surface area contributed by atoms with E-state index in [1.807, 2.05) is 0 Å². The van der Waals surface area contributed by atoms with E-state index in [9.17, 15) is 0 Å². The Morgan fingerprint density at radius 2 is 2.33 bits per heavy atom. The minimum absolute atomic E-state index is 0.419. The molecule has 6 heavy (non-hydrogen) atoms. The van der Waals surface area contributed by atoms with Gasteiger partial charge in [-0.25, -0.2) is 0 Å². The summed E-state index contributed by atoms with van der Waals surface area (Å²) in [6.45, 7) is 0. The molecule has 0 aromatic carbocycles. The van der Waals surface area contributed by atoms with Gasteiger partial charge in [-0.3, -0.25) is 0 Å². The first-order valence-corrected chi connectivity index (χ1v) is 2.00. The number of nitrogens with zero attached hydrogens (tertiary/aromatic N) is 2. The first kappa shape index (κ1) is 3.50. The minimum Gasteiger partial charge on any atom is -0.0211 e. The van der Waals surface area contributed by atoms with Crippen LogP contribution in [0.5, 0.6) is 0 Å². The van der Waals surface area contributed by atoms with E-state index in [4.69, 9.17) is 5.53 Å². The van der Waals surface area contributed by atoms with Crippen LogP contribution in [-0.2, 0) is 0 Å². The van der Waals surface area contributed by atoms with Crippen molar-refractivity contribution in [3.63, 3.8) is 0 Å². The highest BCUT2D eigenvalue weighted by Gasteiger charge is 2.25. The van der Waals surface area contributed by atoms with Gasteiger partial charge in [0.2, 0.25) is 4.91 Å². The van der Waals surface area contributed by atoms with E-state index >= 15 is 0 Å². The summed E-state index contributed by atoms with van der Waals surface area (Å²) in [4.78, 5) is 2.87. The van der Waals surface area contributed by atoms with Crippen molar-refractivity contribution >= 4 is 0 Å². The van der Waals surface area contributed by atoms with Crippen molar-refractivity contribution in [2.45, 2.75) is 18.9 Å². The lowest BCUT2D eigenvalue weighted by atomic mass is 10.8. The first-order chi connectivity index (χ1) is 2.93. The molecule has 0 unspecified atom stereocenters. The molecule has 0 bridgehead atoms. The third-order valence-electron chi connectivity index (χ3n) is 0.768. The molecule has 0 amide bonds. The minimum atomic E-state index is 0.419. The monoisotopic (exact) mass is 84.1 g/mol. The van der Waals surface area contributed by atoms with Crippen molar-refractivity contribution in [2.24, 2.45) is 5.11 Å². The van der Waals surface area contributed by atoms with Gasteiger partial charge < -0.3 is 0 Å². The predicted molar refractivity (Wildman–Crippen MR) is 20.3 cm³/mol. The van der Waals surface area contributed by atoms with Gasteiger partial charge in [0, 0.05) is 0 Å². The van der Waals surface area contributed by atoms with E-state index in [1.54, 1.807) is 0 Å². The van der Waals surface area contributed by atoms with E-state index < -0.39 is 0 Å². The molecule has 0 aromatic heterocycles. The molecule has 1 rings (SSSR count). The van der Waals surface area contributed by atoms with Gasteiger partial charge in [-0.05, 0) is 12.8 Å². The van der Waals surface area contributed by atoms with Crippen LogP contribution in [0, 0.1) is 5.53 Å². The Morgan fingerprint density at radius 3 is 2.50 bits per heavy atom. The molecule has 0 saturated heterocycles. The fourth-order valence-corrected chi connectivity index (χ4v) is 0.272. The zero-order valence-electron chi connectivity index (χ0n) is 3.39. The highest BCUT2D eigenvalue weighted by atomic mass is 15.2. The Balaban J connectivity index is 2.33. The second-order valence-corrected chi connectivity index (χ2v) is 1.45. The fraction of sp³-hybridized carbons (Fsp3) is 1.00. The topological polar surface area (TPSA) is 50.3 Å². The Labute approximate surface area is 35.6 Å². The molecule has 0 heterocycles. The molecule has 3 nitrogen and oxygen atoms in total. The van der Waals surface area contributed by atoms with Crippen LogP contribution in [0.3, 0.4) is 0 Å². The molecule has 1 aliphatic carbocycles. The van der Waals surface area contributed by atoms with Crippen molar-refractivity contribution < 1.29 is 0 Å². The quantitative estimate of drug-likeness (QED) is 0.359. The fourth-order valence-electron chi connectivity index (χ4n) is 0.272. The summed E-state index contributed by atoms with van der Waals surface area (Å²) in [5, 5.41) is 3.53. The van der Waals surface area contributed by atoms with Crippen molar-refractivity contribution in [2.75, 3.05) is 0 Å². The van der Waals surface area contributed by atoms with Gasteiger partial charge in [-0.15, -0.1) is 0 Å². The predicted octanol–water partition coefficient (Wildman–Crippen LogP) is 0.699. The third-order valence-corrected chi connectivity index (χ3v) is 0.768. The van der Waals surface area contributed by atoms with Gasteiger partial charge in [0.15, 0.2) is 0 Å². The molecular formula is C3H6N3+. The van der Waals surface area contributed by atoms with Gasteiger partial charge in [0.1, 0.15) is 16.7 Å². The Bertz CT molecular complexity index is 88.2. The van der Waals surface area contributed by atoms with E-state index in [0.29, 0.717) is 6.04 Å². The summed E-state index contributed by atoms with van der Waals surface area (Å²) in [5.74, 6) is 0. The van der Waals surface area contributed by atoms with Crippen LogP contribution in [0.2, 0.25) is 0 Å². The van der Waals surface area contributed by atoms with Crippen LogP contribution in [0.4, 0.5) is 0 Å². The molecule has 32 valence electrons.